The molecule has 312 valence electrons. The highest BCUT2D eigenvalue weighted by atomic mass is 16.7. The van der Waals surface area contributed by atoms with Crippen LogP contribution in [-0.4, -0.2) is 95.4 Å². The van der Waals surface area contributed by atoms with Crippen molar-refractivity contribution >= 4 is 11.9 Å². The summed E-state index contributed by atoms with van der Waals surface area (Å²) < 4.78 is 36.9. The van der Waals surface area contributed by atoms with Gasteiger partial charge >= 0.3 is 11.9 Å². The number of nitrogens with zero attached hydrogens (tertiary/aromatic N) is 2. The Balaban J connectivity index is 1.12. The Morgan fingerprint density at radius 1 is 0.593 bits per heavy atom. The van der Waals surface area contributed by atoms with Gasteiger partial charge in [-0.2, -0.15) is 0 Å². The van der Waals surface area contributed by atoms with Crippen molar-refractivity contribution in [3.63, 3.8) is 0 Å². The number of rotatable bonds is 15. The molecule has 2 radical (unpaired) electrons. The average Bonchev–Trinajstić information content (AvgIpc) is 3.17. The van der Waals surface area contributed by atoms with Gasteiger partial charge in [0.25, 0.3) is 0 Å². The molecule has 4 saturated heterocycles. The molecule has 2 spiro atoms. The van der Waals surface area contributed by atoms with E-state index in [2.05, 4.69) is 34.6 Å². The summed E-state index contributed by atoms with van der Waals surface area (Å²) in [5.74, 6) is -2.51. The molecule has 6 unspecified atom stereocenters. The maximum Gasteiger partial charge on any atom is 0.305 e. The van der Waals surface area contributed by atoms with Crippen LogP contribution in [0, 0.1) is 22.7 Å². The minimum Gasteiger partial charge on any atom is -0.465 e. The second kappa shape index (κ2) is 16.8. The van der Waals surface area contributed by atoms with E-state index in [1.807, 2.05) is 48.5 Å². The maximum absolute atomic E-state index is 13.5. The number of carbonyl (C=O) groups excluding carboxylic acids is 2. The van der Waals surface area contributed by atoms with E-state index in [1.165, 1.54) is 10.1 Å². The van der Waals surface area contributed by atoms with Gasteiger partial charge < -0.3 is 28.4 Å². The number of ether oxygens (including phenoxy) is 6. The van der Waals surface area contributed by atoms with E-state index in [0.29, 0.717) is 71.4 Å². The lowest BCUT2D eigenvalue weighted by molar-refractivity contribution is -0.414. The van der Waals surface area contributed by atoms with Gasteiger partial charge in [0.2, 0.25) is 0 Å². The smallest absolute Gasteiger partial charge is 0.305 e. The number of hydrogen-bond acceptors (Lipinski definition) is 10. The van der Waals surface area contributed by atoms with Crippen LogP contribution >= 0.6 is 0 Å². The third-order valence-corrected chi connectivity index (χ3v) is 14.9. The van der Waals surface area contributed by atoms with Crippen molar-refractivity contribution in [3.05, 3.63) is 0 Å². The molecule has 6 atom stereocenters. The molecule has 4 aliphatic heterocycles. The standard InChI is InChI=1S/C42H74N2O10/c1-13-36(8)23-41(31(5)38(10,15-3)43(36)47)29-51-40(12,52-30-41)28-50-34(46)22-20-18-17-19-21-33(45)49-25-35(7)26-53-42(54-27-35)24-37(9,14-2)44(48)39(11,16-4)32(42)6/h31-32H,13-30H2,1-12H3. The third-order valence-electron chi connectivity index (χ3n) is 14.9. The molecule has 0 aromatic rings. The Kier molecular flexibility index (Phi) is 14.1. The lowest BCUT2D eigenvalue weighted by Crippen LogP contribution is -2.72. The predicted octanol–water partition coefficient (Wildman–Crippen LogP) is 7.96. The quantitative estimate of drug-likeness (QED) is 0.119. The van der Waals surface area contributed by atoms with E-state index in [0.717, 1.165) is 25.7 Å². The SMILES string of the molecule is CCC1(C)CC2(COC(C)(COC(=O)CCCCCCC(=O)OCC3(C)COC4(CC(C)(CC)N([O])C(C)(CC)C4C)OC3)OC2)C(C)C(C)(CC)N1[O]. The van der Waals surface area contributed by atoms with Crippen LogP contribution in [-0.2, 0) is 48.4 Å². The molecule has 0 aromatic heterocycles. The first kappa shape index (κ1) is 45.3. The van der Waals surface area contributed by atoms with Crippen molar-refractivity contribution in [1.29, 1.82) is 0 Å². The number of carbonyl (C=O) groups is 2. The Hall–Kier alpha value is -1.38. The zero-order valence-electron chi connectivity index (χ0n) is 35.9. The first-order chi connectivity index (χ1) is 25.1. The lowest BCUT2D eigenvalue weighted by Gasteiger charge is -2.63. The molecule has 54 heavy (non-hydrogen) atoms. The molecular weight excluding hydrogens is 692 g/mol. The second-order valence-electron chi connectivity index (χ2n) is 19.0. The molecule has 4 rings (SSSR count). The van der Waals surface area contributed by atoms with E-state index in [-0.39, 0.29) is 48.8 Å². The highest BCUT2D eigenvalue weighted by Crippen LogP contribution is 2.56. The van der Waals surface area contributed by atoms with Crippen LogP contribution in [0.4, 0.5) is 0 Å². The van der Waals surface area contributed by atoms with Crippen LogP contribution in [0.2, 0.25) is 0 Å². The van der Waals surface area contributed by atoms with E-state index in [1.54, 1.807) is 0 Å². The van der Waals surface area contributed by atoms with E-state index in [9.17, 15) is 20.0 Å². The van der Waals surface area contributed by atoms with Crippen LogP contribution in [0.15, 0.2) is 0 Å². The summed E-state index contributed by atoms with van der Waals surface area (Å²) in [6.07, 6.45) is 7.57. The Bertz CT molecular complexity index is 1190. The van der Waals surface area contributed by atoms with Crippen molar-refractivity contribution < 1.29 is 48.4 Å². The number of esters is 2. The van der Waals surface area contributed by atoms with Gasteiger partial charge in [0.15, 0.2) is 11.6 Å². The van der Waals surface area contributed by atoms with Gasteiger partial charge in [-0.15, -0.1) is 20.5 Å². The summed E-state index contributed by atoms with van der Waals surface area (Å²) in [6.45, 7) is 26.2. The maximum atomic E-state index is 13.5. The van der Waals surface area contributed by atoms with E-state index in [4.69, 9.17) is 28.4 Å². The minimum absolute atomic E-state index is 0.00983. The molecule has 4 heterocycles. The third kappa shape index (κ3) is 8.71. The van der Waals surface area contributed by atoms with Crippen LogP contribution in [0.25, 0.3) is 0 Å². The van der Waals surface area contributed by atoms with Gasteiger partial charge in [0.05, 0.1) is 43.0 Å². The summed E-state index contributed by atoms with van der Waals surface area (Å²) in [6, 6.07) is 0. The van der Waals surface area contributed by atoms with Gasteiger partial charge in [-0.1, -0.05) is 61.3 Å². The molecule has 12 heteroatoms. The zero-order chi connectivity index (χ0) is 40.4. The number of hydrogen-bond donors (Lipinski definition) is 0. The molecule has 12 nitrogen and oxygen atoms in total. The summed E-state index contributed by atoms with van der Waals surface area (Å²) in [7, 11) is 0. The lowest BCUT2D eigenvalue weighted by atomic mass is 9.57. The molecule has 0 aliphatic carbocycles. The fraction of sp³-hybridized carbons (Fsp3) is 0.952. The Labute approximate surface area is 326 Å². The highest BCUT2D eigenvalue weighted by Gasteiger charge is 2.64. The molecule has 0 saturated carbocycles. The normalized spacial score (nSPS) is 43.4. The van der Waals surface area contributed by atoms with Gasteiger partial charge in [-0.3, -0.25) is 9.59 Å². The molecule has 0 bridgehead atoms. The molecule has 0 N–H and O–H groups in total. The monoisotopic (exact) mass is 767 g/mol. The largest absolute Gasteiger partial charge is 0.465 e. The van der Waals surface area contributed by atoms with Crippen molar-refractivity contribution in [3.8, 4) is 0 Å². The molecular formula is C42H74N2O10. The summed E-state index contributed by atoms with van der Waals surface area (Å²) >= 11 is 0. The van der Waals surface area contributed by atoms with Crippen LogP contribution in [0.1, 0.15) is 160 Å². The fourth-order valence-electron chi connectivity index (χ4n) is 9.62. The number of hydroxylamine groups is 4. The highest BCUT2D eigenvalue weighted by molar-refractivity contribution is 5.69. The first-order valence-electron chi connectivity index (χ1n) is 20.9. The summed E-state index contributed by atoms with van der Waals surface area (Å²) in [4.78, 5) is 25.2. The summed E-state index contributed by atoms with van der Waals surface area (Å²) in [5.41, 5.74) is -3.00. The van der Waals surface area contributed by atoms with Gasteiger partial charge in [0, 0.05) is 41.5 Å². The van der Waals surface area contributed by atoms with E-state index >= 15 is 0 Å². The van der Waals surface area contributed by atoms with Crippen molar-refractivity contribution in [2.45, 2.75) is 194 Å². The first-order valence-corrected chi connectivity index (χ1v) is 20.9. The fourth-order valence-corrected chi connectivity index (χ4v) is 9.62. The van der Waals surface area contributed by atoms with E-state index < -0.39 is 39.1 Å². The van der Waals surface area contributed by atoms with Crippen molar-refractivity contribution in [2.24, 2.45) is 22.7 Å². The van der Waals surface area contributed by atoms with Gasteiger partial charge in [-0.05, 0) is 85.5 Å². The van der Waals surface area contributed by atoms with Crippen LogP contribution in [0.3, 0.4) is 0 Å². The van der Waals surface area contributed by atoms with Crippen LogP contribution in [0.5, 0.6) is 0 Å². The minimum atomic E-state index is -1.03. The number of piperidine rings is 2. The molecule has 0 aromatic carbocycles. The topological polar surface area (TPSA) is 136 Å². The second-order valence-corrected chi connectivity index (χ2v) is 19.0. The Morgan fingerprint density at radius 3 is 1.50 bits per heavy atom. The zero-order valence-corrected chi connectivity index (χ0v) is 35.9. The van der Waals surface area contributed by atoms with Crippen molar-refractivity contribution in [1.82, 2.24) is 10.1 Å². The van der Waals surface area contributed by atoms with Crippen molar-refractivity contribution in [2.75, 3.05) is 39.6 Å². The molecule has 0 amide bonds. The average molecular weight is 767 g/mol. The number of unbranched alkanes of at least 4 members (excludes halogenated alkanes) is 3. The van der Waals surface area contributed by atoms with Gasteiger partial charge in [0.1, 0.15) is 13.2 Å². The Morgan fingerprint density at radius 2 is 1.04 bits per heavy atom. The van der Waals surface area contributed by atoms with Crippen LogP contribution < -0.4 is 0 Å². The van der Waals surface area contributed by atoms with Gasteiger partial charge in [-0.25, -0.2) is 0 Å². The summed E-state index contributed by atoms with van der Waals surface area (Å²) in [5, 5.41) is 29.5. The molecule has 4 fully saturated rings. The predicted molar refractivity (Wildman–Crippen MR) is 203 cm³/mol. The molecule has 4 aliphatic rings.